The second kappa shape index (κ2) is 5.95. The van der Waals surface area contributed by atoms with Gasteiger partial charge in [0.15, 0.2) is 0 Å². The predicted molar refractivity (Wildman–Crippen MR) is 58.3 cm³/mol. The van der Waals surface area contributed by atoms with Gasteiger partial charge in [-0.3, -0.25) is 0 Å². The van der Waals surface area contributed by atoms with Crippen LogP contribution in [0.3, 0.4) is 0 Å². The Morgan fingerprint density at radius 3 is 2.46 bits per heavy atom. The SMILES string of the molecule is CCPN(CC)Oc1ccccc1. The third-order valence-corrected chi connectivity index (χ3v) is 2.66. The van der Waals surface area contributed by atoms with Crippen LogP contribution in [0, 0.1) is 0 Å². The molecule has 0 bridgehead atoms. The van der Waals surface area contributed by atoms with Crippen molar-refractivity contribution in [3.8, 4) is 5.75 Å². The normalized spacial score (nSPS) is 11.3. The summed E-state index contributed by atoms with van der Waals surface area (Å²) in [4.78, 5) is 7.65. The lowest BCUT2D eigenvalue weighted by Crippen LogP contribution is -2.17. The van der Waals surface area contributed by atoms with Gasteiger partial charge in [0.1, 0.15) is 5.75 Å². The molecular weight excluding hydrogens is 181 g/mol. The van der Waals surface area contributed by atoms with Gasteiger partial charge in [0.2, 0.25) is 0 Å². The van der Waals surface area contributed by atoms with E-state index in [4.69, 9.17) is 4.84 Å². The molecule has 72 valence electrons. The monoisotopic (exact) mass is 197 g/mol. The fraction of sp³-hybridized carbons (Fsp3) is 0.400. The first kappa shape index (κ1) is 10.5. The quantitative estimate of drug-likeness (QED) is 0.531. The highest BCUT2D eigenvalue weighted by Crippen LogP contribution is 2.20. The fourth-order valence-corrected chi connectivity index (χ4v) is 1.74. The van der Waals surface area contributed by atoms with E-state index in [1.54, 1.807) is 0 Å². The summed E-state index contributed by atoms with van der Waals surface area (Å²) in [6.07, 6.45) is 1.14. The molecule has 1 unspecified atom stereocenters. The standard InChI is InChI=1S/C10H16NOP/c1-3-11(13-4-2)12-10-8-6-5-7-9-10/h5-9,13H,3-4H2,1-2H3. The summed E-state index contributed by atoms with van der Waals surface area (Å²) in [5.41, 5.74) is 0. The van der Waals surface area contributed by atoms with Crippen molar-refractivity contribution in [2.24, 2.45) is 0 Å². The molecule has 0 aliphatic carbocycles. The van der Waals surface area contributed by atoms with Crippen molar-refractivity contribution >= 4 is 8.73 Å². The minimum Gasteiger partial charge on any atom is -0.403 e. The Kier molecular flexibility index (Phi) is 4.81. The number of hydrogen-bond donors (Lipinski definition) is 0. The first-order valence-corrected chi connectivity index (χ1v) is 5.76. The minimum atomic E-state index is 0.743. The average molecular weight is 197 g/mol. The van der Waals surface area contributed by atoms with E-state index in [1.807, 2.05) is 35.2 Å². The maximum Gasteiger partial charge on any atom is 0.147 e. The topological polar surface area (TPSA) is 12.5 Å². The lowest BCUT2D eigenvalue weighted by Gasteiger charge is -2.19. The molecule has 1 aromatic carbocycles. The molecule has 0 radical (unpaired) electrons. The lowest BCUT2D eigenvalue weighted by molar-refractivity contribution is 0.0509. The Bertz CT molecular complexity index is 228. The van der Waals surface area contributed by atoms with Crippen LogP contribution >= 0.6 is 8.73 Å². The number of rotatable bonds is 5. The van der Waals surface area contributed by atoms with Crippen LogP contribution in [-0.4, -0.2) is 17.5 Å². The molecule has 2 nitrogen and oxygen atoms in total. The second-order valence-corrected chi connectivity index (χ2v) is 4.13. The average Bonchev–Trinajstić information content (AvgIpc) is 2.19. The van der Waals surface area contributed by atoms with Crippen LogP contribution in [0.4, 0.5) is 0 Å². The number of benzene rings is 1. The van der Waals surface area contributed by atoms with E-state index in [-0.39, 0.29) is 0 Å². The molecular formula is C10H16NOP. The van der Waals surface area contributed by atoms with Gasteiger partial charge < -0.3 is 4.84 Å². The zero-order valence-electron chi connectivity index (χ0n) is 8.16. The Labute approximate surface area is 81.7 Å². The van der Waals surface area contributed by atoms with Crippen molar-refractivity contribution < 1.29 is 4.84 Å². The molecule has 0 amide bonds. The van der Waals surface area contributed by atoms with Crippen molar-refractivity contribution in [3.63, 3.8) is 0 Å². The number of nitrogens with zero attached hydrogens (tertiary/aromatic N) is 1. The molecule has 0 saturated carbocycles. The lowest BCUT2D eigenvalue weighted by atomic mass is 10.3. The predicted octanol–water partition coefficient (Wildman–Crippen LogP) is 2.92. The molecule has 1 rings (SSSR count). The summed E-state index contributed by atoms with van der Waals surface area (Å²) >= 11 is 0. The van der Waals surface area contributed by atoms with Gasteiger partial charge >= 0.3 is 0 Å². The van der Waals surface area contributed by atoms with Crippen LogP contribution < -0.4 is 4.84 Å². The van der Waals surface area contributed by atoms with Gasteiger partial charge in [-0.25, -0.2) is 0 Å². The molecule has 1 atom stereocenters. The first-order chi connectivity index (χ1) is 6.36. The zero-order valence-corrected chi connectivity index (χ0v) is 9.16. The van der Waals surface area contributed by atoms with Crippen molar-refractivity contribution in [3.05, 3.63) is 30.3 Å². The van der Waals surface area contributed by atoms with Gasteiger partial charge in [-0.15, -0.1) is 4.83 Å². The maximum absolute atomic E-state index is 5.65. The van der Waals surface area contributed by atoms with Gasteiger partial charge in [0, 0.05) is 6.54 Å². The van der Waals surface area contributed by atoms with Crippen LogP contribution in [0.25, 0.3) is 0 Å². The summed E-state index contributed by atoms with van der Waals surface area (Å²) < 4.78 is 0. The van der Waals surface area contributed by atoms with Crippen molar-refractivity contribution in [1.82, 2.24) is 4.83 Å². The molecule has 0 heterocycles. The van der Waals surface area contributed by atoms with Gasteiger partial charge in [-0.2, -0.15) is 0 Å². The smallest absolute Gasteiger partial charge is 0.147 e. The van der Waals surface area contributed by atoms with E-state index in [1.165, 1.54) is 0 Å². The van der Waals surface area contributed by atoms with Gasteiger partial charge in [-0.1, -0.05) is 25.1 Å². The van der Waals surface area contributed by atoms with Gasteiger partial charge in [-0.05, 0) is 33.9 Å². The number of para-hydroxylation sites is 1. The Hall–Kier alpha value is -0.590. The Morgan fingerprint density at radius 2 is 1.92 bits per heavy atom. The van der Waals surface area contributed by atoms with Crippen LogP contribution in [0.15, 0.2) is 30.3 Å². The highest BCUT2D eigenvalue weighted by Gasteiger charge is 2.01. The zero-order chi connectivity index (χ0) is 9.52. The summed E-state index contributed by atoms with van der Waals surface area (Å²) in [6, 6.07) is 9.91. The number of hydrogen-bond acceptors (Lipinski definition) is 2. The third kappa shape index (κ3) is 3.75. The molecule has 0 saturated heterocycles. The minimum absolute atomic E-state index is 0.743. The van der Waals surface area contributed by atoms with Crippen LogP contribution in [-0.2, 0) is 0 Å². The summed E-state index contributed by atoms with van der Waals surface area (Å²) in [5.74, 6) is 0.922. The number of hydroxylamine groups is 1. The van der Waals surface area contributed by atoms with E-state index >= 15 is 0 Å². The molecule has 0 fully saturated rings. The largest absolute Gasteiger partial charge is 0.403 e. The fourth-order valence-electron chi connectivity index (χ4n) is 0.994. The Morgan fingerprint density at radius 1 is 1.23 bits per heavy atom. The molecule has 0 N–H and O–H groups in total. The molecule has 0 aliphatic rings. The van der Waals surface area contributed by atoms with Gasteiger partial charge in [0.25, 0.3) is 0 Å². The first-order valence-electron chi connectivity index (χ1n) is 4.60. The molecule has 0 aromatic heterocycles. The second-order valence-electron chi connectivity index (χ2n) is 2.61. The molecule has 13 heavy (non-hydrogen) atoms. The molecule has 0 aliphatic heterocycles. The highest BCUT2D eigenvalue weighted by atomic mass is 31.1. The van der Waals surface area contributed by atoms with Crippen molar-refractivity contribution in [2.75, 3.05) is 12.7 Å². The third-order valence-electron chi connectivity index (χ3n) is 1.58. The van der Waals surface area contributed by atoms with Crippen LogP contribution in [0.2, 0.25) is 0 Å². The molecule has 3 heteroatoms. The van der Waals surface area contributed by atoms with E-state index in [0.717, 1.165) is 27.2 Å². The van der Waals surface area contributed by atoms with E-state index < -0.39 is 0 Å². The molecule has 0 spiro atoms. The van der Waals surface area contributed by atoms with E-state index in [9.17, 15) is 0 Å². The summed E-state index contributed by atoms with van der Waals surface area (Å²) in [6.45, 7) is 5.20. The van der Waals surface area contributed by atoms with Crippen molar-refractivity contribution in [2.45, 2.75) is 13.8 Å². The molecule has 1 aromatic rings. The van der Waals surface area contributed by atoms with Gasteiger partial charge in [0.05, 0.1) is 0 Å². The highest BCUT2D eigenvalue weighted by molar-refractivity contribution is 7.34. The Balaban J connectivity index is 2.46. The summed E-state index contributed by atoms with van der Waals surface area (Å²) in [5, 5.41) is 0. The van der Waals surface area contributed by atoms with Crippen LogP contribution in [0.5, 0.6) is 5.75 Å². The maximum atomic E-state index is 5.65. The van der Waals surface area contributed by atoms with E-state index in [2.05, 4.69) is 13.8 Å². The van der Waals surface area contributed by atoms with Crippen molar-refractivity contribution in [1.29, 1.82) is 0 Å². The van der Waals surface area contributed by atoms with Crippen LogP contribution in [0.1, 0.15) is 13.8 Å². The summed E-state index contributed by atoms with van der Waals surface area (Å²) in [7, 11) is 0.743. The van der Waals surface area contributed by atoms with E-state index in [0.29, 0.717) is 0 Å².